The van der Waals surface area contributed by atoms with Gasteiger partial charge in [0.1, 0.15) is 36.7 Å². The van der Waals surface area contributed by atoms with Gasteiger partial charge in [0, 0.05) is 16.7 Å². The highest BCUT2D eigenvalue weighted by molar-refractivity contribution is 5.94. The van der Waals surface area contributed by atoms with Crippen molar-refractivity contribution in [2.24, 2.45) is 0 Å². The smallest absolute Gasteiger partial charge is 0.301 e. The molecule has 0 bridgehead atoms. The summed E-state index contributed by atoms with van der Waals surface area (Å²) in [6.45, 7) is 1.38. The van der Waals surface area contributed by atoms with Crippen LogP contribution in [0, 0.1) is 23.7 Å². The van der Waals surface area contributed by atoms with Crippen molar-refractivity contribution in [3.05, 3.63) is 89.3 Å². The molecule has 3 rings (SSSR count). The lowest BCUT2D eigenvalue weighted by atomic mass is 10.1. The summed E-state index contributed by atoms with van der Waals surface area (Å²) >= 11 is 0. The molecule has 7 N–H and O–H groups in total. The number of aliphatic hydroxyl groups is 3. The van der Waals surface area contributed by atoms with Crippen molar-refractivity contribution >= 4 is 5.91 Å². The molecule has 0 spiro atoms. The van der Waals surface area contributed by atoms with Gasteiger partial charge in [-0.2, -0.15) is 5.48 Å². The van der Waals surface area contributed by atoms with E-state index in [1.54, 1.807) is 41.9 Å². The van der Waals surface area contributed by atoms with Gasteiger partial charge >= 0.3 is 5.95 Å². The quantitative estimate of drug-likeness (QED) is 0.157. The molecule has 0 fully saturated rings. The number of carbonyl (C=O) groups excluding carboxylic acids is 1. The molecule has 1 aliphatic heterocycles. The van der Waals surface area contributed by atoms with Gasteiger partial charge in [-0.1, -0.05) is 11.8 Å². The minimum atomic E-state index is -1.54. The van der Waals surface area contributed by atoms with Gasteiger partial charge in [0.25, 0.3) is 5.91 Å². The number of carbonyl (C=O) groups is 1. The zero-order valence-electron chi connectivity index (χ0n) is 19.6. The third-order valence-electron chi connectivity index (χ3n) is 5.00. The number of nitrogens with one attached hydrogen (secondary N) is 2. The number of hydrogen-bond acceptors (Lipinski definition) is 10. The molecule has 2 aromatic carbocycles. The van der Waals surface area contributed by atoms with Crippen LogP contribution in [0.2, 0.25) is 0 Å². The molecule has 11 heteroatoms. The second-order valence-corrected chi connectivity index (χ2v) is 7.74. The lowest BCUT2D eigenvalue weighted by molar-refractivity contribution is -0.0463. The van der Waals surface area contributed by atoms with E-state index in [9.17, 15) is 20.2 Å². The number of amides is 1. The third kappa shape index (κ3) is 8.02. The number of hydrogen-bond donors (Lipinski definition) is 7. The molecule has 0 aromatic heterocycles. The maximum atomic E-state index is 12.3. The van der Waals surface area contributed by atoms with Crippen molar-refractivity contribution in [1.82, 2.24) is 15.9 Å². The standard InChI is InChI=1S/C26H25N3O8/c1-17(30)24(26(33)28-34)27-25(32)20-10-6-18(7-11-20)4-2-3-5-19-8-12-22(13-9-19)36-15-21-16-37-23(31)14-29(21)35/h6-14,16-17,24,26,28,30-31,33-35H,15H2,1H3,(H,27,32)/t17-,24+,26?/m1/s1. The van der Waals surface area contributed by atoms with Crippen molar-refractivity contribution in [1.29, 1.82) is 0 Å². The van der Waals surface area contributed by atoms with E-state index in [-0.39, 0.29) is 12.2 Å². The lowest BCUT2D eigenvalue weighted by Gasteiger charge is -2.25. The predicted octanol–water partition coefficient (Wildman–Crippen LogP) is 1.16. The van der Waals surface area contributed by atoms with Gasteiger partial charge in [0.15, 0.2) is 0 Å². The van der Waals surface area contributed by atoms with Crippen LogP contribution in [0.4, 0.5) is 0 Å². The maximum Gasteiger partial charge on any atom is 0.301 e. The van der Waals surface area contributed by atoms with E-state index >= 15 is 0 Å². The summed E-state index contributed by atoms with van der Waals surface area (Å²) in [5, 5.41) is 50.1. The van der Waals surface area contributed by atoms with Gasteiger partial charge in [-0.05, 0) is 67.3 Å². The topological polar surface area (TPSA) is 164 Å². The molecular formula is C26H25N3O8. The fraction of sp³-hybridized carbons (Fsp3) is 0.192. The first kappa shape index (κ1) is 27.1. The van der Waals surface area contributed by atoms with E-state index < -0.39 is 30.2 Å². The molecule has 1 amide bonds. The Morgan fingerprint density at radius 1 is 1.05 bits per heavy atom. The first-order chi connectivity index (χ1) is 17.8. The zero-order valence-corrected chi connectivity index (χ0v) is 19.6. The second-order valence-electron chi connectivity index (χ2n) is 7.74. The van der Waals surface area contributed by atoms with Crippen LogP contribution >= 0.6 is 0 Å². The molecule has 1 unspecified atom stereocenters. The Balaban J connectivity index is 1.52. The average molecular weight is 507 g/mol. The highest BCUT2D eigenvalue weighted by atomic mass is 16.6. The van der Waals surface area contributed by atoms with Crippen molar-refractivity contribution in [2.45, 2.75) is 25.3 Å². The predicted molar refractivity (Wildman–Crippen MR) is 130 cm³/mol. The zero-order chi connectivity index (χ0) is 26.8. The van der Waals surface area contributed by atoms with Gasteiger partial charge in [-0.15, -0.1) is 0 Å². The molecule has 2 aromatic rings. The maximum absolute atomic E-state index is 12.3. The molecule has 0 saturated carbocycles. The largest absolute Gasteiger partial charge is 0.487 e. The third-order valence-corrected chi connectivity index (χ3v) is 5.00. The van der Waals surface area contributed by atoms with Crippen LogP contribution in [0.15, 0.2) is 72.6 Å². The molecule has 0 radical (unpaired) electrons. The Labute approximate surface area is 212 Å². The van der Waals surface area contributed by atoms with Crippen LogP contribution in [0.3, 0.4) is 0 Å². The van der Waals surface area contributed by atoms with Crippen LogP contribution in [0.25, 0.3) is 0 Å². The summed E-state index contributed by atoms with van der Waals surface area (Å²) in [5.74, 6) is 10.8. The Morgan fingerprint density at radius 3 is 2.19 bits per heavy atom. The summed E-state index contributed by atoms with van der Waals surface area (Å²) in [7, 11) is 0. The molecule has 11 nitrogen and oxygen atoms in total. The van der Waals surface area contributed by atoms with Gasteiger partial charge in [0.2, 0.25) is 0 Å². The van der Waals surface area contributed by atoms with Gasteiger partial charge in [0.05, 0.1) is 12.1 Å². The molecule has 0 saturated heterocycles. The van der Waals surface area contributed by atoms with Gasteiger partial charge in [-0.3, -0.25) is 10.0 Å². The van der Waals surface area contributed by atoms with E-state index in [1.807, 2.05) is 0 Å². The number of benzene rings is 2. The normalized spacial score (nSPS) is 14.8. The van der Waals surface area contributed by atoms with Crippen molar-refractivity contribution in [3.63, 3.8) is 0 Å². The fourth-order valence-corrected chi connectivity index (χ4v) is 2.98. The highest BCUT2D eigenvalue weighted by Crippen LogP contribution is 2.16. The Hall–Kier alpha value is -4.49. The molecule has 1 heterocycles. The summed E-state index contributed by atoms with van der Waals surface area (Å²) in [5.41, 5.74) is 3.51. The van der Waals surface area contributed by atoms with Crippen LogP contribution in [-0.4, -0.2) is 61.7 Å². The number of ether oxygens (including phenoxy) is 2. The van der Waals surface area contributed by atoms with E-state index in [0.717, 1.165) is 6.20 Å². The Kier molecular flexibility index (Phi) is 9.52. The minimum absolute atomic E-state index is 0.0141. The molecular weight excluding hydrogens is 482 g/mol. The first-order valence-corrected chi connectivity index (χ1v) is 10.9. The number of aliphatic hydroxyl groups excluding tert-OH is 3. The van der Waals surface area contributed by atoms with Gasteiger partial charge < -0.3 is 35.3 Å². The fourth-order valence-electron chi connectivity index (χ4n) is 2.98. The average Bonchev–Trinajstić information content (AvgIpc) is 2.89. The van der Waals surface area contributed by atoms with E-state index in [0.29, 0.717) is 27.6 Å². The van der Waals surface area contributed by atoms with E-state index in [1.165, 1.54) is 25.3 Å². The summed E-state index contributed by atoms with van der Waals surface area (Å²) < 4.78 is 10.4. The molecule has 1 aliphatic rings. The second kappa shape index (κ2) is 13.0. The SMILES string of the molecule is C[C@@H](O)[C@H](NC(=O)c1ccc(C#CC#Cc2ccc(OCC3=COC(O)=CN3O)cc2)cc1)C(O)NO. The van der Waals surface area contributed by atoms with Crippen LogP contribution in [0.1, 0.15) is 28.4 Å². The minimum Gasteiger partial charge on any atom is -0.487 e. The molecule has 3 atom stereocenters. The summed E-state index contributed by atoms with van der Waals surface area (Å²) in [6.07, 6.45) is -0.471. The van der Waals surface area contributed by atoms with E-state index in [2.05, 4.69) is 29.0 Å². The lowest BCUT2D eigenvalue weighted by Crippen LogP contribution is -2.54. The van der Waals surface area contributed by atoms with Crippen LogP contribution in [0.5, 0.6) is 5.75 Å². The number of rotatable bonds is 8. The number of nitrogens with zero attached hydrogens (tertiary/aromatic N) is 1. The molecule has 0 aliphatic carbocycles. The highest BCUT2D eigenvalue weighted by Gasteiger charge is 2.25. The number of hydroxylamine groups is 3. The first-order valence-electron chi connectivity index (χ1n) is 10.9. The summed E-state index contributed by atoms with van der Waals surface area (Å²) in [6, 6.07) is 12.1. The van der Waals surface area contributed by atoms with E-state index in [4.69, 9.17) is 19.8 Å². The van der Waals surface area contributed by atoms with Gasteiger partial charge in [-0.25, -0.2) is 5.06 Å². The Morgan fingerprint density at radius 2 is 1.65 bits per heavy atom. The summed E-state index contributed by atoms with van der Waals surface area (Å²) in [4.78, 5) is 12.3. The monoisotopic (exact) mass is 507 g/mol. The van der Waals surface area contributed by atoms with Crippen molar-refractivity contribution < 1.29 is 40.0 Å². The van der Waals surface area contributed by atoms with Crippen molar-refractivity contribution in [3.8, 4) is 29.4 Å². The molecule has 192 valence electrons. The van der Waals surface area contributed by atoms with Crippen LogP contribution in [-0.2, 0) is 4.74 Å². The van der Waals surface area contributed by atoms with Crippen LogP contribution < -0.4 is 15.5 Å². The molecule has 37 heavy (non-hydrogen) atoms. The Bertz CT molecular complexity index is 1270. The van der Waals surface area contributed by atoms with Crippen molar-refractivity contribution in [2.75, 3.05) is 6.61 Å².